The lowest BCUT2D eigenvalue weighted by molar-refractivity contribution is 0.535. The van der Waals surface area contributed by atoms with Gasteiger partial charge < -0.3 is 4.57 Å². The maximum Gasteiger partial charge on any atom is 0.0719 e. The number of hydrogen-bond donors (Lipinski definition) is 0. The molecule has 278 valence electrons. The Balaban J connectivity index is 0.960. The fourth-order valence-corrected chi connectivity index (χ4v) is 13.1. The fourth-order valence-electron chi connectivity index (χ4n) is 10.4. The largest absolute Gasteiger partial charge is 0.308 e. The van der Waals surface area contributed by atoms with Crippen LogP contribution in [0.4, 0.5) is 0 Å². The topological polar surface area (TPSA) is 4.93 Å². The number of para-hydroxylation sites is 1. The number of nitrogens with zero attached hydrogens (tertiary/aromatic N) is 1. The molecule has 2 aliphatic rings. The van der Waals surface area contributed by atoms with Gasteiger partial charge in [-0.1, -0.05) is 146 Å². The van der Waals surface area contributed by atoms with Crippen molar-refractivity contribution in [3.63, 3.8) is 0 Å². The molecule has 0 fully saturated rings. The van der Waals surface area contributed by atoms with E-state index in [1.807, 2.05) is 23.1 Å². The SMILES string of the molecule is CC12C=CC=CC(C1)Sc1ccc(-c3ccc4c5ccc(-c6cccc(-n7c8ccccc8c8ccc9c%10ccccc%10sc9c87)c6)cc5c5ccccc5c4c3)cc12. The molecule has 0 saturated heterocycles. The molecule has 0 amide bonds. The van der Waals surface area contributed by atoms with Crippen molar-refractivity contribution in [2.24, 2.45) is 0 Å². The highest BCUT2D eigenvalue weighted by Crippen LogP contribution is 2.50. The minimum absolute atomic E-state index is 0.0386. The third-order valence-electron chi connectivity index (χ3n) is 13.2. The predicted octanol–water partition coefficient (Wildman–Crippen LogP) is 16.2. The summed E-state index contributed by atoms with van der Waals surface area (Å²) in [4.78, 5) is 1.41. The average Bonchev–Trinajstić information content (AvgIpc) is 3.78. The van der Waals surface area contributed by atoms with Crippen LogP contribution in [0.5, 0.6) is 0 Å². The number of benzene rings is 9. The first-order valence-corrected chi connectivity index (χ1v) is 22.3. The fraction of sp³-hybridized carbons (Fsp3) is 0.0714. The van der Waals surface area contributed by atoms with Crippen LogP contribution >= 0.6 is 23.1 Å². The predicted molar refractivity (Wildman–Crippen MR) is 257 cm³/mol. The van der Waals surface area contributed by atoms with Crippen molar-refractivity contribution in [3.8, 4) is 27.9 Å². The van der Waals surface area contributed by atoms with Crippen LogP contribution < -0.4 is 0 Å². The van der Waals surface area contributed by atoms with Crippen LogP contribution in [0, 0.1) is 0 Å². The van der Waals surface area contributed by atoms with E-state index in [1.165, 1.54) is 113 Å². The summed E-state index contributed by atoms with van der Waals surface area (Å²) in [7, 11) is 0. The lowest BCUT2D eigenvalue weighted by Gasteiger charge is -2.36. The Morgan fingerprint density at radius 2 is 1.14 bits per heavy atom. The van der Waals surface area contributed by atoms with Gasteiger partial charge in [-0.05, 0) is 115 Å². The van der Waals surface area contributed by atoms with Crippen LogP contribution in [-0.2, 0) is 5.41 Å². The molecule has 13 rings (SSSR count). The van der Waals surface area contributed by atoms with Crippen LogP contribution in [0.2, 0.25) is 0 Å². The molecule has 3 heteroatoms. The van der Waals surface area contributed by atoms with Crippen LogP contribution in [0.25, 0.3) is 102 Å². The summed E-state index contributed by atoms with van der Waals surface area (Å²) in [5.74, 6) is 0. The average molecular weight is 788 g/mol. The number of aromatic nitrogens is 1. The smallest absolute Gasteiger partial charge is 0.0719 e. The summed E-state index contributed by atoms with van der Waals surface area (Å²) in [6.07, 6.45) is 10.4. The molecule has 1 nitrogen and oxygen atoms in total. The minimum Gasteiger partial charge on any atom is -0.308 e. The van der Waals surface area contributed by atoms with Gasteiger partial charge in [0.05, 0.1) is 15.7 Å². The zero-order chi connectivity index (χ0) is 38.8. The molecule has 3 heterocycles. The van der Waals surface area contributed by atoms with Gasteiger partial charge in [-0.3, -0.25) is 0 Å². The Labute approximate surface area is 350 Å². The molecular weight excluding hydrogens is 751 g/mol. The Hall–Kier alpha value is -6.39. The Morgan fingerprint density at radius 3 is 1.93 bits per heavy atom. The molecule has 0 N–H and O–H groups in total. The summed E-state index contributed by atoms with van der Waals surface area (Å²) in [5.41, 5.74) is 10.2. The second-order valence-electron chi connectivity index (χ2n) is 16.6. The van der Waals surface area contributed by atoms with Crippen LogP contribution in [-0.4, -0.2) is 9.82 Å². The van der Waals surface area contributed by atoms with Gasteiger partial charge in [0.2, 0.25) is 0 Å². The molecule has 2 unspecified atom stereocenters. The van der Waals surface area contributed by atoms with Crippen molar-refractivity contribution in [3.05, 3.63) is 194 Å². The molecule has 0 saturated carbocycles. The summed E-state index contributed by atoms with van der Waals surface area (Å²) in [6, 6.07) is 61.8. The third-order valence-corrected chi connectivity index (χ3v) is 15.6. The first-order chi connectivity index (χ1) is 29.1. The zero-order valence-corrected chi connectivity index (χ0v) is 34.1. The molecule has 2 atom stereocenters. The molecule has 9 aromatic carbocycles. The quantitative estimate of drug-likeness (QED) is 0.161. The Kier molecular flexibility index (Phi) is 7.14. The maximum absolute atomic E-state index is 2.50. The van der Waals surface area contributed by atoms with E-state index in [0.29, 0.717) is 5.25 Å². The summed E-state index contributed by atoms with van der Waals surface area (Å²) in [6.45, 7) is 2.41. The minimum atomic E-state index is 0.0386. The lowest BCUT2D eigenvalue weighted by Crippen LogP contribution is -2.27. The zero-order valence-electron chi connectivity index (χ0n) is 32.4. The molecule has 11 aromatic rings. The van der Waals surface area contributed by atoms with E-state index < -0.39 is 0 Å². The molecule has 0 radical (unpaired) electrons. The molecular formula is C56H37NS2. The van der Waals surface area contributed by atoms with Gasteiger partial charge >= 0.3 is 0 Å². The third kappa shape index (κ3) is 4.99. The van der Waals surface area contributed by atoms with E-state index in [-0.39, 0.29) is 5.41 Å². The Bertz CT molecular complexity index is 3630. The van der Waals surface area contributed by atoms with Crippen molar-refractivity contribution in [2.75, 3.05) is 0 Å². The van der Waals surface area contributed by atoms with E-state index in [2.05, 4.69) is 200 Å². The highest BCUT2D eigenvalue weighted by Gasteiger charge is 2.35. The number of thiophene rings is 1. The second-order valence-corrected chi connectivity index (χ2v) is 19.0. The lowest BCUT2D eigenvalue weighted by atomic mass is 9.77. The van der Waals surface area contributed by atoms with Gasteiger partial charge in [-0.25, -0.2) is 0 Å². The van der Waals surface area contributed by atoms with Gasteiger partial charge in [0.15, 0.2) is 0 Å². The standard InChI is InChI=1S/C56H37NS2/c1-56-28-9-8-13-39(33-56)58-53-27-22-37(32-50(53)56)36-21-24-43-42-23-20-35(30-48(42)40-14-2-3-15-41(40)49(43)31-36)34-11-10-12-38(29-34)57-51-18-6-4-16-44(51)46-25-26-47-45-17-5-7-19-52(45)59-55(47)54(46)57/h2-32,39H,33H2,1H3. The number of fused-ring (bicyclic) bond motifs is 17. The number of thioether (sulfide) groups is 1. The number of hydrogen-bond acceptors (Lipinski definition) is 2. The first-order valence-electron chi connectivity index (χ1n) is 20.6. The number of allylic oxidation sites excluding steroid dienone is 3. The van der Waals surface area contributed by atoms with Crippen molar-refractivity contribution >= 4 is 97.4 Å². The monoisotopic (exact) mass is 787 g/mol. The normalized spacial score (nSPS) is 17.5. The van der Waals surface area contributed by atoms with Crippen LogP contribution in [0.3, 0.4) is 0 Å². The summed E-state index contributed by atoms with van der Waals surface area (Å²) < 4.78 is 5.16. The highest BCUT2D eigenvalue weighted by atomic mass is 32.2. The van der Waals surface area contributed by atoms with E-state index in [4.69, 9.17) is 0 Å². The van der Waals surface area contributed by atoms with E-state index in [1.54, 1.807) is 0 Å². The molecule has 59 heavy (non-hydrogen) atoms. The van der Waals surface area contributed by atoms with Crippen LogP contribution in [0.15, 0.2) is 193 Å². The molecule has 2 aromatic heterocycles. The van der Waals surface area contributed by atoms with Crippen molar-refractivity contribution in [2.45, 2.75) is 28.9 Å². The second kappa shape index (κ2) is 12.6. The van der Waals surface area contributed by atoms with Gasteiger partial charge in [0.1, 0.15) is 0 Å². The molecule has 1 aliphatic heterocycles. The highest BCUT2D eigenvalue weighted by molar-refractivity contribution is 8.00. The van der Waals surface area contributed by atoms with E-state index in [9.17, 15) is 0 Å². The maximum atomic E-state index is 2.50. The number of rotatable bonds is 3. The van der Waals surface area contributed by atoms with Gasteiger partial charge in [0, 0.05) is 47.5 Å². The molecule has 0 spiro atoms. The molecule has 1 aliphatic carbocycles. The Morgan fingerprint density at radius 1 is 0.508 bits per heavy atom. The van der Waals surface area contributed by atoms with Crippen LogP contribution in [0.1, 0.15) is 18.9 Å². The first kappa shape index (κ1) is 33.6. The molecule has 2 bridgehead atoms. The van der Waals surface area contributed by atoms with Crippen molar-refractivity contribution in [1.29, 1.82) is 0 Å². The summed E-state index contributed by atoms with van der Waals surface area (Å²) >= 11 is 3.91. The van der Waals surface area contributed by atoms with Crippen molar-refractivity contribution < 1.29 is 0 Å². The van der Waals surface area contributed by atoms with E-state index >= 15 is 0 Å². The summed E-state index contributed by atoms with van der Waals surface area (Å²) in [5, 5.41) is 13.5. The van der Waals surface area contributed by atoms with Crippen molar-refractivity contribution in [1.82, 2.24) is 4.57 Å². The van der Waals surface area contributed by atoms with Gasteiger partial charge in [0.25, 0.3) is 0 Å². The van der Waals surface area contributed by atoms with Gasteiger partial charge in [-0.2, -0.15) is 0 Å². The van der Waals surface area contributed by atoms with Gasteiger partial charge in [-0.15, -0.1) is 23.1 Å². The van der Waals surface area contributed by atoms with E-state index in [0.717, 1.165) is 6.42 Å².